The van der Waals surface area contributed by atoms with Gasteiger partial charge in [0.15, 0.2) is 12.3 Å². The van der Waals surface area contributed by atoms with E-state index in [1.54, 1.807) is 26.0 Å². The van der Waals surface area contributed by atoms with Crippen LogP contribution in [-0.2, 0) is 16.1 Å². The fourth-order valence-corrected chi connectivity index (χ4v) is 2.05. The van der Waals surface area contributed by atoms with E-state index in [1.807, 2.05) is 18.2 Å². The molecular weight excluding hydrogens is 338 g/mol. The van der Waals surface area contributed by atoms with Crippen molar-refractivity contribution in [3.05, 3.63) is 58.5 Å². The highest BCUT2D eigenvalue weighted by atomic mass is 16.5. The molecule has 0 aliphatic heterocycles. The predicted octanol–water partition coefficient (Wildman–Crippen LogP) is 1.00. The number of nitrogens with zero attached hydrogens (tertiary/aromatic N) is 2. The Hall–Kier alpha value is -3.16. The monoisotopic (exact) mass is 359 g/mol. The number of nitrogens with one attached hydrogen (secondary N) is 1. The molecule has 1 amide bonds. The first kappa shape index (κ1) is 19.2. The van der Waals surface area contributed by atoms with E-state index in [0.717, 1.165) is 4.68 Å². The number of para-hydroxylation sites is 1. The van der Waals surface area contributed by atoms with Crippen LogP contribution in [0, 0.1) is 0 Å². The molecule has 0 spiro atoms. The molecule has 2 rings (SSSR count). The Balaban J connectivity index is 1.92. The maximum atomic E-state index is 12.0. The van der Waals surface area contributed by atoms with Crippen molar-refractivity contribution in [2.24, 2.45) is 0 Å². The van der Waals surface area contributed by atoms with Crippen LogP contribution in [0.4, 0.5) is 0 Å². The molecule has 1 N–H and O–H groups in total. The molecule has 0 aliphatic rings. The number of carbonyl (C=O) groups is 2. The molecule has 0 saturated heterocycles. The van der Waals surface area contributed by atoms with Crippen LogP contribution in [0.5, 0.6) is 5.75 Å². The third-order valence-corrected chi connectivity index (χ3v) is 3.17. The van der Waals surface area contributed by atoms with Crippen LogP contribution >= 0.6 is 0 Å². The quantitative estimate of drug-likeness (QED) is 0.706. The van der Waals surface area contributed by atoms with Crippen molar-refractivity contribution in [3.63, 3.8) is 0 Å². The maximum absolute atomic E-state index is 12.0. The van der Waals surface area contributed by atoms with Crippen molar-refractivity contribution in [1.82, 2.24) is 15.1 Å². The Bertz CT molecular complexity index is 802. The minimum atomic E-state index is -0.776. The van der Waals surface area contributed by atoms with Crippen molar-refractivity contribution in [3.8, 4) is 5.75 Å². The predicted molar refractivity (Wildman–Crippen MR) is 94.0 cm³/mol. The van der Waals surface area contributed by atoms with E-state index in [-0.39, 0.29) is 30.4 Å². The van der Waals surface area contributed by atoms with Gasteiger partial charge in [-0.1, -0.05) is 18.2 Å². The average molecular weight is 359 g/mol. The summed E-state index contributed by atoms with van der Waals surface area (Å²) >= 11 is 0. The Morgan fingerprint density at radius 2 is 1.88 bits per heavy atom. The van der Waals surface area contributed by atoms with Gasteiger partial charge in [0.05, 0.1) is 6.54 Å². The highest BCUT2D eigenvalue weighted by molar-refractivity contribution is 5.89. The topological polar surface area (TPSA) is 99.5 Å². The van der Waals surface area contributed by atoms with E-state index in [1.165, 1.54) is 12.1 Å². The number of rotatable bonds is 8. The van der Waals surface area contributed by atoms with Crippen LogP contribution in [0.25, 0.3) is 0 Å². The fourth-order valence-electron chi connectivity index (χ4n) is 2.05. The Morgan fingerprint density at radius 3 is 2.58 bits per heavy atom. The number of aromatic nitrogens is 2. The molecule has 138 valence electrons. The summed E-state index contributed by atoms with van der Waals surface area (Å²) in [6, 6.07) is 11.6. The SMILES string of the molecule is CC(C)NC(=O)COC(=O)c1ccc(=O)n(CCOc2ccccc2)n1. The summed E-state index contributed by atoms with van der Waals surface area (Å²) in [5.41, 5.74) is -0.419. The zero-order valence-corrected chi connectivity index (χ0v) is 14.7. The van der Waals surface area contributed by atoms with Crippen molar-refractivity contribution in [2.75, 3.05) is 13.2 Å². The van der Waals surface area contributed by atoms with Gasteiger partial charge in [-0.3, -0.25) is 9.59 Å². The normalized spacial score (nSPS) is 10.4. The zero-order valence-electron chi connectivity index (χ0n) is 14.7. The van der Waals surface area contributed by atoms with Crippen molar-refractivity contribution in [2.45, 2.75) is 26.4 Å². The smallest absolute Gasteiger partial charge is 0.359 e. The van der Waals surface area contributed by atoms with Gasteiger partial charge in [0.25, 0.3) is 11.5 Å². The van der Waals surface area contributed by atoms with Gasteiger partial charge in [0.1, 0.15) is 12.4 Å². The highest BCUT2D eigenvalue weighted by Crippen LogP contribution is 2.07. The lowest BCUT2D eigenvalue weighted by Gasteiger charge is -2.10. The molecular formula is C18H21N3O5. The standard InChI is InChI=1S/C18H21N3O5/c1-13(2)19-16(22)12-26-18(24)15-8-9-17(23)21(20-15)10-11-25-14-6-4-3-5-7-14/h3-9,13H,10-12H2,1-2H3,(H,19,22). The number of carbonyl (C=O) groups excluding carboxylic acids is 2. The van der Waals surface area contributed by atoms with E-state index < -0.39 is 18.5 Å². The first-order valence-electron chi connectivity index (χ1n) is 8.18. The number of benzene rings is 1. The lowest BCUT2D eigenvalue weighted by atomic mass is 10.3. The second-order valence-electron chi connectivity index (χ2n) is 5.74. The van der Waals surface area contributed by atoms with Crippen LogP contribution in [0.1, 0.15) is 24.3 Å². The lowest BCUT2D eigenvalue weighted by Crippen LogP contribution is -2.34. The van der Waals surface area contributed by atoms with E-state index >= 15 is 0 Å². The summed E-state index contributed by atoms with van der Waals surface area (Å²) in [7, 11) is 0. The van der Waals surface area contributed by atoms with Crippen LogP contribution in [0.2, 0.25) is 0 Å². The molecule has 8 nitrogen and oxygen atoms in total. The third-order valence-electron chi connectivity index (χ3n) is 3.17. The molecule has 1 heterocycles. The van der Waals surface area contributed by atoms with Crippen molar-refractivity contribution < 1.29 is 19.1 Å². The van der Waals surface area contributed by atoms with Gasteiger partial charge in [-0.25, -0.2) is 9.48 Å². The number of hydrogen-bond acceptors (Lipinski definition) is 6. The molecule has 0 fully saturated rings. The lowest BCUT2D eigenvalue weighted by molar-refractivity contribution is -0.124. The van der Waals surface area contributed by atoms with E-state index in [2.05, 4.69) is 10.4 Å². The summed E-state index contributed by atoms with van der Waals surface area (Å²) in [6.45, 7) is 3.58. The fraction of sp³-hybridized carbons (Fsp3) is 0.333. The van der Waals surface area contributed by atoms with Gasteiger partial charge in [-0.2, -0.15) is 5.10 Å². The summed E-state index contributed by atoms with van der Waals surface area (Å²) in [4.78, 5) is 35.3. The van der Waals surface area contributed by atoms with Crippen LogP contribution < -0.4 is 15.6 Å². The van der Waals surface area contributed by atoms with Crippen LogP contribution in [0.3, 0.4) is 0 Å². The summed E-state index contributed by atoms with van der Waals surface area (Å²) in [5, 5.41) is 6.57. The minimum Gasteiger partial charge on any atom is -0.492 e. The van der Waals surface area contributed by atoms with Crippen LogP contribution in [0.15, 0.2) is 47.3 Å². The van der Waals surface area contributed by atoms with Crippen molar-refractivity contribution in [1.29, 1.82) is 0 Å². The maximum Gasteiger partial charge on any atom is 0.359 e. The molecule has 0 aliphatic carbocycles. The number of ether oxygens (including phenoxy) is 2. The van der Waals surface area contributed by atoms with Gasteiger partial charge < -0.3 is 14.8 Å². The van der Waals surface area contributed by atoms with Gasteiger partial charge in [-0.15, -0.1) is 0 Å². The Kier molecular flexibility index (Phi) is 6.90. The van der Waals surface area contributed by atoms with Gasteiger partial charge in [0.2, 0.25) is 0 Å². The molecule has 1 aromatic heterocycles. The minimum absolute atomic E-state index is 0.0501. The molecule has 2 aromatic rings. The van der Waals surface area contributed by atoms with Crippen LogP contribution in [-0.4, -0.2) is 40.9 Å². The number of hydrogen-bond donors (Lipinski definition) is 1. The second kappa shape index (κ2) is 9.36. The van der Waals surface area contributed by atoms with E-state index in [9.17, 15) is 14.4 Å². The molecule has 0 atom stereocenters. The second-order valence-corrected chi connectivity index (χ2v) is 5.74. The molecule has 1 aromatic carbocycles. The van der Waals surface area contributed by atoms with E-state index in [0.29, 0.717) is 5.75 Å². The van der Waals surface area contributed by atoms with Gasteiger partial charge >= 0.3 is 5.97 Å². The Morgan fingerprint density at radius 1 is 1.15 bits per heavy atom. The van der Waals surface area contributed by atoms with E-state index in [4.69, 9.17) is 9.47 Å². The average Bonchev–Trinajstić information content (AvgIpc) is 2.61. The molecule has 0 radical (unpaired) electrons. The molecule has 0 unspecified atom stereocenters. The van der Waals surface area contributed by atoms with Gasteiger partial charge in [-0.05, 0) is 32.0 Å². The molecule has 0 saturated carbocycles. The molecule has 8 heteroatoms. The highest BCUT2D eigenvalue weighted by Gasteiger charge is 2.13. The first-order chi connectivity index (χ1) is 12.5. The zero-order chi connectivity index (χ0) is 18.9. The number of esters is 1. The molecule has 26 heavy (non-hydrogen) atoms. The number of amides is 1. The van der Waals surface area contributed by atoms with Crippen molar-refractivity contribution >= 4 is 11.9 Å². The molecule has 0 bridgehead atoms. The van der Waals surface area contributed by atoms with Gasteiger partial charge in [0, 0.05) is 12.1 Å². The largest absolute Gasteiger partial charge is 0.492 e. The summed E-state index contributed by atoms with van der Waals surface area (Å²) in [6.07, 6.45) is 0. The Labute approximate surface area is 150 Å². The first-order valence-corrected chi connectivity index (χ1v) is 8.18. The summed E-state index contributed by atoms with van der Waals surface area (Å²) < 4.78 is 11.5. The third kappa shape index (κ3) is 6.04. The summed E-state index contributed by atoms with van der Waals surface area (Å²) in [5.74, 6) is -0.508.